The minimum atomic E-state index is -2.63. The molecule has 0 fully saturated rings. The summed E-state index contributed by atoms with van der Waals surface area (Å²) in [5, 5.41) is 0. The Bertz CT molecular complexity index is 1150. The number of rotatable bonds is 20. The maximum absolute atomic E-state index is 6.84. The Morgan fingerprint density at radius 1 is 0.319 bits per heavy atom. The minimum absolute atomic E-state index is 1.03. The standard InChI is InChI=1S/C32H66O7Si8/c1-40(2,29-27-31-23-19-17-20-24-31)33-42(5,6)35-44(9,10)37-46(13,14)39-47(15,16)38-45(11,12)36-43(7,8)34-41(3,4)30-28-32-25-21-18-22-26-32/h17-26H,27-30H2,1-16H3. The summed E-state index contributed by atoms with van der Waals surface area (Å²) in [6.07, 6.45) is 2.05. The lowest BCUT2D eigenvalue weighted by atomic mass is 10.2. The van der Waals surface area contributed by atoms with Gasteiger partial charge < -0.3 is 28.8 Å². The van der Waals surface area contributed by atoms with Gasteiger partial charge in [-0.05, 0) is 141 Å². The van der Waals surface area contributed by atoms with Gasteiger partial charge in [-0.15, -0.1) is 0 Å². The molecule has 0 spiro atoms. The molecule has 0 saturated carbocycles. The van der Waals surface area contributed by atoms with E-state index in [1.54, 1.807) is 0 Å². The van der Waals surface area contributed by atoms with Gasteiger partial charge in [-0.25, -0.2) is 0 Å². The van der Waals surface area contributed by atoms with Crippen molar-refractivity contribution in [2.75, 3.05) is 0 Å². The van der Waals surface area contributed by atoms with Crippen molar-refractivity contribution in [1.82, 2.24) is 0 Å². The van der Waals surface area contributed by atoms with Crippen LogP contribution in [-0.2, 0) is 41.6 Å². The molecule has 0 aliphatic heterocycles. The van der Waals surface area contributed by atoms with Gasteiger partial charge in [0.25, 0.3) is 0 Å². The first-order valence-corrected chi connectivity index (χ1v) is 40.2. The lowest BCUT2D eigenvalue weighted by Crippen LogP contribution is -2.61. The molecule has 0 aliphatic rings. The average molecular weight is 788 g/mol. The van der Waals surface area contributed by atoms with E-state index in [9.17, 15) is 0 Å². The third-order valence-corrected chi connectivity index (χ3v) is 38.1. The highest BCUT2D eigenvalue weighted by Crippen LogP contribution is 2.30. The second-order valence-electron chi connectivity index (χ2n) is 16.6. The predicted octanol–water partition coefficient (Wildman–Crippen LogP) is 10.2. The van der Waals surface area contributed by atoms with Crippen LogP contribution in [0.25, 0.3) is 0 Å². The number of hydrogen-bond acceptors (Lipinski definition) is 7. The van der Waals surface area contributed by atoms with Gasteiger partial charge in [0.2, 0.25) is 0 Å². The van der Waals surface area contributed by atoms with E-state index in [1.165, 1.54) is 11.1 Å². The fourth-order valence-electron chi connectivity index (χ4n) is 6.70. The zero-order valence-corrected chi connectivity index (χ0v) is 40.5. The molecule has 0 bridgehead atoms. The van der Waals surface area contributed by atoms with Crippen molar-refractivity contribution in [1.29, 1.82) is 0 Å². The quantitative estimate of drug-likeness (QED) is 0.124. The molecule has 0 heterocycles. The number of hydrogen-bond donors (Lipinski definition) is 0. The summed E-state index contributed by atoms with van der Waals surface area (Å²) in [5.74, 6) is 0. The summed E-state index contributed by atoms with van der Waals surface area (Å²) in [6, 6.07) is 23.4. The van der Waals surface area contributed by atoms with Crippen LogP contribution in [0.1, 0.15) is 11.1 Å². The average Bonchev–Trinajstić information content (AvgIpc) is 2.82. The molecule has 2 rings (SSSR count). The molecule has 0 saturated heterocycles. The van der Waals surface area contributed by atoms with E-state index in [4.69, 9.17) is 28.8 Å². The van der Waals surface area contributed by atoms with Gasteiger partial charge in [0, 0.05) is 0 Å². The van der Waals surface area contributed by atoms with Crippen molar-refractivity contribution in [3.8, 4) is 0 Å². The van der Waals surface area contributed by atoms with Gasteiger partial charge in [-0.3, -0.25) is 0 Å². The van der Waals surface area contributed by atoms with E-state index in [1.807, 2.05) is 0 Å². The van der Waals surface area contributed by atoms with E-state index in [0.29, 0.717) is 0 Å². The Morgan fingerprint density at radius 3 is 0.766 bits per heavy atom. The highest BCUT2D eigenvalue weighted by molar-refractivity contribution is 6.92. The third kappa shape index (κ3) is 18.1. The first-order chi connectivity index (χ1) is 21.1. The van der Waals surface area contributed by atoms with Gasteiger partial charge in [-0.2, -0.15) is 0 Å². The predicted molar refractivity (Wildman–Crippen MR) is 217 cm³/mol. The molecule has 47 heavy (non-hydrogen) atoms. The monoisotopic (exact) mass is 786 g/mol. The lowest BCUT2D eigenvalue weighted by molar-refractivity contribution is 0.264. The van der Waals surface area contributed by atoms with Crippen LogP contribution in [0.3, 0.4) is 0 Å². The highest BCUT2D eigenvalue weighted by atomic mass is 28.5. The Kier molecular flexibility index (Phi) is 15.1. The van der Waals surface area contributed by atoms with Crippen LogP contribution < -0.4 is 0 Å². The first-order valence-electron chi connectivity index (χ1n) is 17.1. The van der Waals surface area contributed by atoms with Crippen LogP contribution in [-0.4, -0.2) is 68.0 Å². The summed E-state index contributed by atoms with van der Waals surface area (Å²) >= 11 is 0. The highest BCUT2D eigenvalue weighted by Gasteiger charge is 2.49. The summed E-state index contributed by atoms with van der Waals surface area (Å²) < 4.78 is 47.7. The van der Waals surface area contributed by atoms with E-state index < -0.39 is 68.0 Å². The van der Waals surface area contributed by atoms with Gasteiger partial charge >= 0.3 is 51.4 Å². The van der Waals surface area contributed by atoms with Gasteiger partial charge in [0.15, 0.2) is 16.6 Å². The molecule has 15 heteroatoms. The molecule has 0 unspecified atom stereocenters. The third-order valence-electron chi connectivity index (χ3n) is 7.22. The molecular weight excluding hydrogens is 721 g/mol. The molecule has 268 valence electrons. The van der Waals surface area contributed by atoms with Crippen LogP contribution in [0, 0.1) is 0 Å². The lowest BCUT2D eigenvalue weighted by Gasteiger charge is -2.44. The number of benzene rings is 2. The summed E-state index contributed by atoms with van der Waals surface area (Å²) in [4.78, 5) is 0. The van der Waals surface area contributed by atoms with Crippen LogP contribution >= 0.6 is 0 Å². The zero-order chi connectivity index (χ0) is 36.0. The molecule has 7 nitrogen and oxygen atoms in total. The molecular formula is C32H66O7Si8. The molecule has 0 amide bonds. The second-order valence-corrected chi connectivity index (χ2v) is 47.2. The van der Waals surface area contributed by atoms with Crippen molar-refractivity contribution >= 4 is 68.0 Å². The fourth-order valence-corrected chi connectivity index (χ4v) is 46.9. The number of aryl methyl sites for hydroxylation is 2. The molecule has 2 aromatic rings. The topological polar surface area (TPSA) is 64.6 Å². The van der Waals surface area contributed by atoms with Gasteiger partial charge in [0.1, 0.15) is 0 Å². The normalized spacial score (nSPS) is 14.5. The van der Waals surface area contributed by atoms with Crippen LogP contribution in [0.5, 0.6) is 0 Å². The molecule has 0 aliphatic carbocycles. The van der Waals surface area contributed by atoms with Crippen LogP contribution in [0.2, 0.25) is 117 Å². The van der Waals surface area contributed by atoms with Crippen LogP contribution in [0.15, 0.2) is 60.7 Å². The van der Waals surface area contributed by atoms with Crippen LogP contribution in [0.4, 0.5) is 0 Å². The maximum Gasteiger partial charge on any atom is 0.314 e. The van der Waals surface area contributed by atoms with Gasteiger partial charge in [-0.1, -0.05) is 60.7 Å². The maximum atomic E-state index is 6.84. The Labute approximate surface area is 296 Å². The van der Waals surface area contributed by atoms with Crippen molar-refractivity contribution in [2.45, 2.75) is 130 Å². The second kappa shape index (κ2) is 16.5. The summed E-state index contributed by atoms with van der Waals surface area (Å²) in [5.41, 5.74) is 2.71. The molecule has 2 aromatic carbocycles. The van der Waals surface area contributed by atoms with Crippen molar-refractivity contribution in [2.24, 2.45) is 0 Å². The SMILES string of the molecule is C[Si](C)(CCc1ccccc1)O[Si](C)(C)O[Si](C)(C)O[Si](C)(C)O[Si](C)(C)O[Si](C)(C)O[Si](C)(C)O[Si](C)(C)CCc1ccccc1. The Hall–Kier alpha value is -0.105. The Balaban J connectivity index is 1.96. The first kappa shape index (κ1) is 43.1. The van der Waals surface area contributed by atoms with Crippen molar-refractivity contribution in [3.63, 3.8) is 0 Å². The van der Waals surface area contributed by atoms with E-state index in [-0.39, 0.29) is 0 Å². The molecule has 0 atom stereocenters. The molecule has 0 radical (unpaired) electrons. The minimum Gasteiger partial charge on any atom is -0.436 e. The largest absolute Gasteiger partial charge is 0.436 e. The summed E-state index contributed by atoms with van der Waals surface area (Å²) in [6.45, 7) is 34.7. The summed E-state index contributed by atoms with van der Waals surface area (Å²) in [7, 11) is -19.2. The van der Waals surface area contributed by atoms with Crippen molar-refractivity contribution < 1.29 is 28.8 Å². The van der Waals surface area contributed by atoms with E-state index in [2.05, 4.69) is 165 Å². The van der Waals surface area contributed by atoms with Gasteiger partial charge in [0.05, 0.1) is 0 Å². The molecule has 0 aromatic heterocycles. The molecule has 0 N–H and O–H groups in total. The Morgan fingerprint density at radius 2 is 0.532 bits per heavy atom. The fraction of sp³-hybridized carbons (Fsp3) is 0.625. The van der Waals surface area contributed by atoms with E-state index >= 15 is 0 Å². The zero-order valence-electron chi connectivity index (χ0n) is 32.5. The smallest absolute Gasteiger partial charge is 0.314 e. The van der Waals surface area contributed by atoms with E-state index in [0.717, 1.165) is 24.9 Å². The van der Waals surface area contributed by atoms with Crippen molar-refractivity contribution in [3.05, 3.63) is 71.8 Å².